The molecule has 0 aromatic heterocycles. The number of fused-ring (bicyclic) bond motifs is 1. The van der Waals surface area contributed by atoms with Gasteiger partial charge < -0.3 is 20.0 Å². The minimum absolute atomic E-state index is 0.112. The molecule has 0 aromatic rings. The molecule has 2 heterocycles. The Morgan fingerprint density at radius 1 is 1.55 bits per heavy atom. The van der Waals surface area contributed by atoms with Crippen LogP contribution in [-0.2, 0) is 9.59 Å². The molecule has 2 aliphatic heterocycles. The molecule has 0 saturated carbocycles. The first kappa shape index (κ1) is 15.3. The van der Waals surface area contributed by atoms with Crippen molar-refractivity contribution in [1.82, 2.24) is 9.80 Å². The van der Waals surface area contributed by atoms with Crippen molar-refractivity contribution < 1.29 is 19.8 Å². The van der Waals surface area contributed by atoms with E-state index in [2.05, 4.69) is 0 Å². The minimum atomic E-state index is -1.06. The number of amides is 1. The van der Waals surface area contributed by atoms with Crippen molar-refractivity contribution in [3.05, 3.63) is 10.6 Å². The standard InChI is InChI=1S/C13H20N2O4S/c1-7(16)10-8-6-9(20-5-4-14(2)3)11(13(18)19)15(8)12(10)17/h7-8,10,16H,4-6H2,1-3H3,(H,18,19)/t7-,8-,10-/m1/s1. The summed E-state index contributed by atoms with van der Waals surface area (Å²) in [5, 5.41) is 18.9. The van der Waals surface area contributed by atoms with Crippen molar-refractivity contribution >= 4 is 23.6 Å². The van der Waals surface area contributed by atoms with Crippen LogP contribution in [0, 0.1) is 5.92 Å². The number of carboxylic acids is 1. The third-order valence-corrected chi connectivity index (χ3v) is 4.80. The molecule has 3 atom stereocenters. The Morgan fingerprint density at radius 3 is 2.70 bits per heavy atom. The lowest BCUT2D eigenvalue weighted by atomic mass is 9.83. The largest absolute Gasteiger partial charge is 0.477 e. The van der Waals surface area contributed by atoms with Gasteiger partial charge in [-0.2, -0.15) is 0 Å². The zero-order valence-corrected chi connectivity index (χ0v) is 12.7. The number of aliphatic hydroxyl groups excluding tert-OH is 1. The smallest absolute Gasteiger partial charge is 0.353 e. The summed E-state index contributed by atoms with van der Waals surface area (Å²) in [7, 11) is 3.92. The molecule has 0 spiro atoms. The number of carboxylic acid groups (broad SMARTS) is 1. The molecule has 20 heavy (non-hydrogen) atoms. The highest BCUT2D eigenvalue weighted by Gasteiger charge is 2.56. The molecular formula is C13H20N2O4S. The van der Waals surface area contributed by atoms with Crippen LogP contribution < -0.4 is 0 Å². The van der Waals surface area contributed by atoms with Gasteiger partial charge >= 0.3 is 5.97 Å². The summed E-state index contributed by atoms with van der Waals surface area (Å²) in [6.07, 6.45) is -0.189. The summed E-state index contributed by atoms with van der Waals surface area (Å²) in [5.41, 5.74) is 0.112. The maximum atomic E-state index is 12.0. The second-order valence-electron chi connectivity index (χ2n) is 5.47. The Hall–Kier alpha value is -1.05. The molecule has 0 aromatic carbocycles. The molecule has 2 rings (SSSR count). The first-order chi connectivity index (χ1) is 9.34. The normalized spacial score (nSPS) is 26.9. The lowest BCUT2D eigenvalue weighted by Gasteiger charge is -2.44. The van der Waals surface area contributed by atoms with Crippen molar-refractivity contribution in [3.63, 3.8) is 0 Å². The minimum Gasteiger partial charge on any atom is -0.477 e. The summed E-state index contributed by atoms with van der Waals surface area (Å²) >= 11 is 1.49. The molecular weight excluding hydrogens is 280 g/mol. The Balaban J connectivity index is 2.11. The predicted molar refractivity (Wildman–Crippen MR) is 76.1 cm³/mol. The number of hydrogen-bond donors (Lipinski definition) is 2. The van der Waals surface area contributed by atoms with Gasteiger partial charge in [-0.3, -0.25) is 4.79 Å². The lowest BCUT2D eigenvalue weighted by molar-refractivity contribution is -0.161. The van der Waals surface area contributed by atoms with Crippen LogP contribution in [0.25, 0.3) is 0 Å². The van der Waals surface area contributed by atoms with Gasteiger partial charge in [0.05, 0.1) is 18.1 Å². The predicted octanol–water partition coefficient (Wildman–Crippen LogP) is 0.189. The number of aliphatic carboxylic acids is 1. The first-order valence-electron chi connectivity index (χ1n) is 6.59. The molecule has 0 unspecified atom stereocenters. The summed E-state index contributed by atoms with van der Waals surface area (Å²) in [5.74, 6) is -1.01. The van der Waals surface area contributed by atoms with Crippen LogP contribution in [0.4, 0.5) is 0 Å². The maximum absolute atomic E-state index is 12.0. The van der Waals surface area contributed by atoms with Crippen LogP contribution in [0.3, 0.4) is 0 Å². The monoisotopic (exact) mass is 300 g/mol. The second-order valence-corrected chi connectivity index (χ2v) is 6.66. The van der Waals surface area contributed by atoms with E-state index in [1.807, 2.05) is 19.0 Å². The molecule has 1 fully saturated rings. The quantitative estimate of drug-likeness (QED) is 0.682. The Kier molecular flexibility index (Phi) is 4.41. The summed E-state index contributed by atoms with van der Waals surface area (Å²) < 4.78 is 0. The SMILES string of the molecule is C[C@@H](O)[C@H]1C(=O)N2C(C(=O)O)=C(SCCN(C)C)C[C@H]12. The van der Waals surface area contributed by atoms with Crippen molar-refractivity contribution in [2.75, 3.05) is 26.4 Å². The van der Waals surface area contributed by atoms with Crippen molar-refractivity contribution in [1.29, 1.82) is 0 Å². The van der Waals surface area contributed by atoms with Gasteiger partial charge in [0.25, 0.3) is 0 Å². The van der Waals surface area contributed by atoms with E-state index in [0.717, 1.165) is 17.2 Å². The molecule has 1 amide bonds. The van der Waals surface area contributed by atoms with E-state index in [4.69, 9.17) is 0 Å². The van der Waals surface area contributed by atoms with Crippen LogP contribution in [0.15, 0.2) is 10.6 Å². The lowest BCUT2D eigenvalue weighted by Crippen LogP contribution is -2.61. The van der Waals surface area contributed by atoms with E-state index >= 15 is 0 Å². The number of carbonyl (C=O) groups excluding carboxylic acids is 1. The van der Waals surface area contributed by atoms with Gasteiger partial charge in [0.1, 0.15) is 5.70 Å². The molecule has 2 N–H and O–H groups in total. The first-order valence-corrected chi connectivity index (χ1v) is 7.58. The van der Waals surface area contributed by atoms with Gasteiger partial charge in [0, 0.05) is 23.6 Å². The molecule has 6 nitrogen and oxygen atoms in total. The fourth-order valence-corrected chi connectivity index (χ4v) is 4.02. The highest BCUT2D eigenvalue weighted by molar-refractivity contribution is 8.03. The fraction of sp³-hybridized carbons (Fsp3) is 0.692. The molecule has 7 heteroatoms. The van der Waals surface area contributed by atoms with E-state index in [0.29, 0.717) is 6.42 Å². The summed E-state index contributed by atoms with van der Waals surface area (Å²) in [6.45, 7) is 2.43. The van der Waals surface area contributed by atoms with Gasteiger partial charge in [0.15, 0.2) is 0 Å². The zero-order chi connectivity index (χ0) is 15.0. The van der Waals surface area contributed by atoms with Crippen molar-refractivity contribution in [3.8, 4) is 0 Å². The fourth-order valence-electron chi connectivity index (χ4n) is 2.71. The van der Waals surface area contributed by atoms with Crippen LogP contribution in [-0.4, -0.2) is 70.4 Å². The summed E-state index contributed by atoms with van der Waals surface area (Å²) in [6, 6.07) is -0.185. The van der Waals surface area contributed by atoms with Crippen LogP contribution in [0.1, 0.15) is 13.3 Å². The molecule has 112 valence electrons. The number of nitrogens with zero attached hydrogens (tertiary/aromatic N) is 2. The third-order valence-electron chi connectivity index (χ3n) is 3.71. The molecule has 0 bridgehead atoms. The van der Waals surface area contributed by atoms with E-state index in [9.17, 15) is 19.8 Å². The topological polar surface area (TPSA) is 81.1 Å². The van der Waals surface area contributed by atoms with E-state index < -0.39 is 18.0 Å². The maximum Gasteiger partial charge on any atom is 0.353 e. The summed E-state index contributed by atoms with van der Waals surface area (Å²) in [4.78, 5) is 27.5. The van der Waals surface area contributed by atoms with Crippen molar-refractivity contribution in [2.45, 2.75) is 25.5 Å². The average molecular weight is 300 g/mol. The highest BCUT2D eigenvalue weighted by atomic mass is 32.2. The molecule has 0 aliphatic carbocycles. The van der Waals surface area contributed by atoms with Gasteiger partial charge in [-0.05, 0) is 21.0 Å². The van der Waals surface area contributed by atoms with E-state index in [1.54, 1.807) is 6.92 Å². The number of thioether (sulfide) groups is 1. The van der Waals surface area contributed by atoms with E-state index in [1.165, 1.54) is 16.7 Å². The highest BCUT2D eigenvalue weighted by Crippen LogP contribution is 2.46. The van der Waals surface area contributed by atoms with Gasteiger partial charge in [-0.25, -0.2) is 4.79 Å². The zero-order valence-electron chi connectivity index (χ0n) is 11.9. The average Bonchev–Trinajstić information content (AvgIpc) is 2.63. The Labute approximate surface area is 122 Å². The Bertz CT molecular complexity index is 461. The van der Waals surface area contributed by atoms with Gasteiger partial charge in [-0.1, -0.05) is 0 Å². The second kappa shape index (κ2) is 5.75. The third kappa shape index (κ3) is 2.57. The number of rotatable bonds is 6. The molecule has 1 saturated heterocycles. The van der Waals surface area contributed by atoms with Gasteiger partial charge in [0.2, 0.25) is 5.91 Å². The van der Waals surface area contributed by atoms with Crippen LogP contribution >= 0.6 is 11.8 Å². The number of aliphatic hydroxyl groups is 1. The molecule has 0 radical (unpaired) electrons. The van der Waals surface area contributed by atoms with Gasteiger partial charge in [-0.15, -0.1) is 11.8 Å². The Morgan fingerprint density at radius 2 is 2.20 bits per heavy atom. The van der Waals surface area contributed by atoms with Crippen LogP contribution in [0.5, 0.6) is 0 Å². The van der Waals surface area contributed by atoms with E-state index in [-0.39, 0.29) is 17.6 Å². The van der Waals surface area contributed by atoms with Crippen molar-refractivity contribution in [2.24, 2.45) is 5.92 Å². The number of β-lactam (4-membered cyclic amide) rings is 1. The number of carbonyl (C=O) groups is 2. The van der Waals surface area contributed by atoms with Crippen LogP contribution in [0.2, 0.25) is 0 Å². The number of hydrogen-bond acceptors (Lipinski definition) is 5. The molecule has 2 aliphatic rings.